The topological polar surface area (TPSA) is 15.3 Å². The van der Waals surface area contributed by atoms with Crippen molar-refractivity contribution in [2.45, 2.75) is 25.4 Å². The van der Waals surface area contributed by atoms with Crippen LogP contribution in [-0.2, 0) is 6.42 Å². The molecule has 112 valence electrons. The monoisotopic (exact) mass is 300 g/mol. The van der Waals surface area contributed by atoms with Crippen LogP contribution >= 0.6 is 11.8 Å². The predicted octanol–water partition coefficient (Wildman–Crippen LogP) is 2.53. The third-order valence-electron chi connectivity index (χ3n) is 3.86. The van der Waals surface area contributed by atoms with Crippen molar-refractivity contribution >= 4 is 11.8 Å². The summed E-state index contributed by atoms with van der Waals surface area (Å²) in [7, 11) is 2.09. The summed E-state index contributed by atoms with van der Waals surface area (Å²) in [6, 6.07) is 4.47. The van der Waals surface area contributed by atoms with Crippen LogP contribution < -0.4 is 5.32 Å². The number of nitrogens with zero attached hydrogens (tertiary/aromatic N) is 1. The molecule has 1 aliphatic rings. The van der Waals surface area contributed by atoms with Gasteiger partial charge in [0, 0.05) is 35.7 Å². The highest BCUT2D eigenvalue weighted by Crippen LogP contribution is 2.22. The first-order valence-electron chi connectivity index (χ1n) is 7.07. The van der Waals surface area contributed by atoms with Crippen molar-refractivity contribution in [3.63, 3.8) is 0 Å². The standard InChI is InChI=1S/C15H22F2N2S/c1-3-18-14(15-10-20-8-7-19(15)2)9-11-12(16)5-4-6-13(11)17/h4-6,14-15,18H,3,7-10H2,1-2H3. The van der Waals surface area contributed by atoms with E-state index in [-0.39, 0.29) is 11.6 Å². The van der Waals surface area contributed by atoms with Crippen molar-refractivity contribution in [2.75, 3.05) is 31.6 Å². The average Bonchev–Trinajstić information content (AvgIpc) is 2.43. The molecule has 0 aliphatic carbocycles. The van der Waals surface area contributed by atoms with E-state index in [1.165, 1.54) is 18.2 Å². The van der Waals surface area contributed by atoms with Crippen LogP contribution in [0.5, 0.6) is 0 Å². The molecule has 1 N–H and O–H groups in total. The SMILES string of the molecule is CCNC(Cc1c(F)cccc1F)C1CSCCN1C. The zero-order valence-corrected chi connectivity index (χ0v) is 12.9. The largest absolute Gasteiger partial charge is 0.312 e. The number of hydrogen-bond donors (Lipinski definition) is 1. The summed E-state index contributed by atoms with van der Waals surface area (Å²) < 4.78 is 27.7. The first kappa shape index (κ1) is 15.7. The quantitative estimate of drug-likeness (QED) is 0.899. The first-order valence-corrected chi connectivity index (χ1v) is 8.23. The second-order valence-corrected chi connectivity index (χ2v) is 6.34. The lowest BCUT2D eigenvalue weighted by atomic mass is 9.98. The minimum absolute atomic E-state index is 0.0733. The Morgan fingerprint density at radius 1 is 1.40 bits per heavy atom. The molecule has 1 aliphatic heterocycles. The van der Waals surface area contributed by atoms with Crippen molar-refractivity contribution in [1.82, 2.24) is 10.2 Å². The summed E-state index contributed by atoms with van der Waals surface area (Å²) in [6.45, 7) is 3.85. The van der Waals surface area contributed by atoms with E-state index in [1.807, 2.05) is 18.7 Å². The Hall–Kier alpha value is -0.650. The smallest absolute Gasteiger partial charge is 0.129 e. The fourth-order valence-electron chi connectivity index (χ4n) is 2.68. The van der Waals surface area contributed by atoms with Gasteiger partial charge in [-0.2, -0.15) is 11.8 Å². The van der Waals surface area contributed by atoms with Gasteiger partial charge in [0.05, 0.1) is 0 Å². The van der Waals surface area contributed by atoms with Crippen molar-refractivity contribution in [3.8, 4) is 0 Å². The number of benzene rings is 1. The first-order chi connectivity index (χ1) is 9.63. The Balaban J connectivity index is 2.16. The number of nitrogens with one attached hydrogen (secondary N) is 1. The Bertz CT molecular complexity index is 422. The van der Waals surface area contributed by atoms with E-state index in [2.05, 4.69) is 17.3 Å². The fraction of sp³-hybridized carbons (Fsp3) is 0.600. The van der Waals surface area contributed by atoms with Gasteiger partial charge in [0.15, 0.2) is 0 Å². The molecule has 2 rings (SSSR count). The third kappa shape index (κ3) is 3.71. The van der Waals surface area contributed by atoms with Crippen LogP contribution in [0.2, 0.25) is 0 Å². The Kier molecular flexibility index (Phi) is 5.81. The molecule has 20 heavy (non-hydrogen) atoms. The molecule has 1 aromatic rings. The number of thioether (sulfide) groups is 1. The molecular weight excluding hydrogens is 278 g/mol. The molecule has 0 saturated carbocycles. The maximum absolute atomic E-state index is 13.8. The van der Waals surface area contributed by atoms with E-state index in [1.54, 1.807) is 0 Å². The molecule has 1 aromatic carbocycles. The van der Waals surface area contributed by atoms with E-state index >= 15 is 0 Å². The molecule has 0 spiro atoms. The van der Waals surface area contributed by atoms with Gasteiger partial charge < -0.3 is 10.2 Å². The Morgan fingerprint density at radius 3 is 2.70 bits per heavy atom. The van der Waals surface area contributed by atoms with Crippen molar-refractivity contribution in [1.29, 1.82) is 0 Å². The zero-order valence-electron chi connectivity index (χ0n) is 12.0. The molecular formula is C15H22F2N2S. The van der Waals surface area contributed by atoms with Crippen LogP contribution in [0.15, 0.2) is 18.2 Å². The van der Waals surface area contributed by atoms with Crippen molar-refractivity contribution in [3.05, 3.63) is 35.4 Å². The lowest BCUT2D eigenvalue weighted by Gasteiger charge is -2.38. The number of hydrogen-bond acceptors (Lipinski definition) is 3. The molecule has 2 atom stereocenters. The van der Waals surface area contributed by atoms with E-state index in [4.69, 9.17) is 0 Å². The van der Waals surface area contributed by atoms with Crippen LogP contribution in [0.25, 0.3) is 0 Å². The molecule has 1 saturated heterocycles. The highest BCUT2D eigenvalue weighted by atomic mass is 32.2. The molecule has 0 amide bonds. The molecule has 1 fully saturated rings. The van der Waals surface area contributed by atoms with E-state index in [9.17, 15) is 8.78 Å². The minimum atomic E-state index is -0.445. The summed E-state index contributed by atoms with van der Waals surface area (Å²) in [5, 5.41) is 3.40. The van der Waals surface area contributed by atoms with Crippen LogP contribution in [0.4, 0.5) is 8.78 Å². The number of halogens is 2. The average molecular weight is 300 g/mol. The molecule has 0 aromatic heterocycles. The summed E-state index contributed by atoms with van der Waals surface area (Å²) in [5.74, 6) is 1.24. The molecule has 2 unspecified atom stereocenters. The van der Waals surface area contributed by atoms with Gasteiger partial charge in [0.1, 0.15) is 11.6 Å². The molecule has 5 heteroatoms. The van der Waals surface area contributed by atoms with Crippen LogP contribution in [0.3, 0.4) is 0 Å². The highest BCUT2D eigenvalue weighted by molar-refractivity contribution is 7.99. The van der Waals surface area contributed by atoms with Gasteiger partial charge in [-0.15, -0.1) is 0 Å². The zero-order chi connectivity index (χ0) is 14.5. The van der Waals surface area contributed by atoms with Crippen LogP contribution in [0.1, 0.15) is 12.5 Å². The van der Waals surface area contributed by atoms with Crippen molar-refractivity contribution in [2.24, 2.45) is 0 Å². The normalized spacial score (nSPS) is 21.9. The van der Waals surface area contributed by atoms with Gasteiger partial charge in [0.2, 0.25) is 0 Å². The number of likely N-dealkylation sites (N-methyl/N-ethyl adjacent to an activating group) is 2. The highest BCUT2D eigenvalue weighted by Gasteiger charge is 2.29. The summed E-state index contributed by atoms with van der Waals surface area (Å²) in [6.07, 6.45) is 0.391. The van der Waals surface area contributed by atoms with Crippen LogP contribution in [0, 0.1) is 11.6 Å². The Labute approximate surface area is 123 Å². The lowest BCUT2D eigenvalue weighted by molar-refractivity contribution is 0.213. The van der Waals surface area contributed by atoms with Gasteiger partial charge in [-0.1, -0.05) is 13.0 Å². The summed E-state index contributed by atoms with van der Waals surface area (Å²) in [4.78, 5) is 2.29. The summed E-state index contributed by atoms with van der Waals surface area (Å²) in [5.41, 5.74) is 0.197. The van der Waals surface area contributed by atoms with Gasteiger partial charge in [-0.3, -0.25) is 0 Å². The predicted molar refractivity (Wildman–Crippen MR) is 81.3 cm³/mol. The van der Waals surface area contributed by atoms with E-state index in [0.29, 0.717) is 12.5 Å². The van der Waals surface area contributed by atoms with Gasteiger partial charge in [-0.25, -0.2) is 8.78 Å². The van der Waals surface area contributed by atoms with Gasteiger partial charge in [0.25, 0.3) is 0 Å². The van der Waals surface area contributed by atoms with Gasteiger partial charge >= 0.3 is 0 Å². The summed E-state index contributed by atoms with van der Waals surface area (Å²) >= 11 is 1.91. The van der Waals surface area contributed by atoms with Crippen molar-refractivity contribution < 1.29 is 8.78 Å². The fourth-order valence-corrected chi connectivity index (χ4v) is 3.99. The molecule has 0 radical (unpaired) electrons. The van der Waals surface area contributed by atoms with Gasteiger partial charge in [-0.05, 0) is 32.1 Å². The second kappa shape index (κ2) is 7.38. The molecule has 1 heterocycles. The molecule has 0 bridgehead atoms. The molecule has 2 nitrogen and oxygen atoms in total. The minimum Gasteiger partial charge on any atom is -0.312 e. The Morgan fingerprint density at radius 2 is 2.10 bits per heavy atom. The van der Waals surface area contributed by atoms with E-state index in [0.717, 1.165) is 24.6 Å². The maximum atomic E-state index is 13.8. The lowest BCUT2D eigenvalue weighted by Crippen LogP contribution is -2.53. The van der Waals surface area contributed by atoms with E-state index < -0.39 is 11.6 Å². The second-order valence-electron chi connectivity index (χ2n) is 5.19. The third-order valence-corrected chi connectivity index (χ3v) is 4.91. The van der Waals surface area contributed by atoms with Crippen LogP contribution in [-0.4, -0.2) is 48.6 Å². The number of rotatable bonds is 5. The maximum Gasteiger partial charge on any atom is 0.129 e.